The van der Waals surface area contributed by atoms with Gasteiger partial charge in [0, 0.05) is 25.3 Å². The molecule has 0 aliphatic rings. The van der Waals surface area contributed by atoms with E-state index in [0.29, 0.717) is 13.2 Å². The molecule has 2 rings (SSSR count). The fourth-order valence-corrected chi connectivity index (χ4v) is 2.36. The van der Waals surface area contributed by atoms with E-state index in [0.717, 1.165) is 17.5 Å². The van der Waals surface area contributed by atoms with Crippen LogP contribution in [0.4, 0.5) is 5.69 Å². The van der Waals surface area contributed by atoms with Crippen LogP contribution in [-0.2, 0) is 16.0 Å². The minimum Gasteiger partial charge on any atom is -0.374 e. The number of nitro groups is 1. The highest BCUT2D eigenvalue weighted by Crippen LogP contribution is 2.15. The predicted octanol–water partition coefficient (Wildman–Crippen LogP) is 3.42. The van der Waals surface area contributed by atoms with Crippen molar-refractivity contribution < 1.29 is 14.5 Å². The first-order valence-electron chi connectivity index (χ1n) is 8.23. The molecule has 0 heterocycles. The number of hydrogen-bond acceptors (Lipinski definition) is 4. The fourth-order valence-electron chi connectivity index (χ4n) is 2.36. The highest BCUT2D eigenvalue weighted by molar-refractivity contribution is 5.78. The number of amides is 1. The fraction of sp³-hybridized carbons (Fsp3) is 0.316. The number of carbonyl (C=O) groups excluding carboxylic acids is 1. The number of rotatable bonds is 9. The summed E-state index contributed by atoms with van der Waals surface area (Å²) < 4.78 is 5.75. The van der Waals surface area contributed by atoms with E-state index in [1.807, 2.05) is 37.3 Å². The van der Waals surface area contributed by atoms with Crippen LogP contribution in [0.25, 0.3) is 0 Å². The normalized spacial score (nSPS) is 11.7. The molecular formula is C19H22N2O4. The topological polar surface area (TPSA) is 81.5 Å². The van der Waals surface area contributed by atoms with Gasteiger partial charge in [0.1, 0.15) is 0 Å². The van der Waals surface area contributed by atoms with Gasteiger partial charge in [-0.3, -0.25) is 14.9 Å². The quantitative estimate of drug-likeness (QED) is 0.430. The summed E-state index contributed by atoms with van der Waals surface area (Å²) in [6, 6.07) is 16.0. The van der Waals surface area contributed by atoms with Crippen LogP contribution >= 0.6 is 0 Å². The van der Waals surface area contributed by atoms with Gasteiger partial charge in [0.25, 0.3) is 5.69 Å². The van der Waals surface area contributed by atoms with Crippen molar-refractivity contribution in [2.75, 3.05) is 13.2 Å². The zero-order chi connectivity index (χ0) is 18.1. The van der Waals surface area contributed by atoms with Gasteiger partial charge in [0.05, 0.1) is 17.4 Å². The van der Waals surface area contributed by atoms with Crippen LogP contribution in [0.3, 0.4) is 0 Å². The Hall–Kier alpha value is -2.73. The molecule has 0 fully saturated rings. The number of non-ortho nitro benzene ring substituents is 1. The molecule has 0 aliphatic heterocycles. The zero-order valence-corrected chi connectivity index (χ0v) is 14.2. The van der Waals surface area contributed by atoms with Crippen LogP contribution < -0.4 is 5.32 Å². The molecule has 0 aromatic heterocycles. The first kappa shape index (κ1) is 18.6. The Morgan fingerprint density at radius 1 is 1.16 bits per heavy atom. The number of nitrogens with one attached hydrogen (secondary N) is 1. The van der Waals surface area contributed by atoms with Gasteiger partial charge in [-0.15, -0.1) is 0 Å². The average molecular weight is 342 g/mol. The molecule has 1 N–H and O–H groups in total. The molecule has 2 aromatic rings. The molecule has 6 heteroatoms. The SMILES string of the molecule is CC(OCCCNC(=O)Cc1ccc([N+](=O)[O-])cc1)c1ccccc1. The maximum absolute atomic E-state index is 11.9. The zero-order valence-electron chi connectivity index (χ0n) is 14.2. The van der Waals surface area contributed by atoms with Gasteiger partial charge in [-0.25, -0.2) is 0 Å². The average Bonchev–Trinajstić information content (AvgIpc) is 2.62. The summed E-state index contributed by atoms with van der Waals surface area (Å²) in [5.41, 5.74) is 1.90. The Morgan fingerprint density at radius 3 is 2.48 bits per heavy atom. The number of nitrogens with zero attached hydrogens (tertiary/aromatic N) is 1. The van der Waals surface area contributed by atoms with E-state index in [-0.39, 0.29) is 24.1 Å². The van der Waals surface area contributed by atoms with Crippen molar-refractivity contribution in [3.63, 3.8) is 0 Å². The van der Waals surface area contributed by atoms with Gasteiger partial charge < -0.3 is 10.1 Å². The summed E-state index contributed by atoms with van der Waals surface area (Å²) in [7, 11) is 0. The van der Waals surface area contributed by atoms with E-state index in [2.05, 4.69) is 5.32 Å². The third kappa shape index (κ3) is 6.35. The Balaban J connectivity index is 1.63. The van der Waals surface area contributed by atoms with Crippen molar-refractivity contribution in [1.82, 2.24) is 5.32 Å². The Bertz CT molecular complexity index is 686. The minimum atomic E-state index is -0.458. The summed E-state index contributed by atoms with van der Waals surface area (Å²) in [5.74, 6) is -0.107. The molecule has 0 saturated carbocycles. The van der Waals surface area contributed by atoms with Crippen molar-refractivity contribution >= 4 is 11.6 Å². The Labute approximate surface area is 147 Å². The van der Waals surface area contributed by atoms with Gasteiger partial charge in [-0.2, -0.15) is 0 Å². The highest BCUT2D eigenvalue weighted by atomic mass is 16.6. The van der Waals surface area contributed by atoms with E-state index in [1.165, 1.54) is 12.1 Å². The van der Waals surface area contributed by atoms with Crippen molar-refractivity contribution in [3.05, 3.63) is 75.8 Å². The third-order valence-corrected chi connectivity index (χ3v) is 3.79. The summed E-state index contributed by atoms with van der Waals surface area (Å²) in [6.45, 7) is 3.10. The lowest BCUT2D eigenvalue weighted by molar-refractivity contribution is -0.384. The standard InChI is InChI=1S/C19H22N2O4/c1-15(17-6-3-2-4-7-17)25-13-5-12-20-19(22)14-16-8-10-18(11-9-16)21(23)24/h2-4,6-11,15H,5,12-14H2,1H3,(H,20,22). The number of benzene rings is 2. The smallest absolute Gasteiger partial charge is 0.269 e. The van der Waals surface area contributed by atoms with E-state index < -0.39 is 4.92 Å². The summed E-state index contributed by atoms with van der Waals surface area (Å²) in [5, 5.41) is 13.4. The molecule has 25 heavy (non-hydrogen) atoms. The van der Waals surface area contributed by atoms with Crippen LogP contribution in [0.15, 0.2) is 54.6 Å². The summed E-state index contributed by atoms with van der Waals surface area (Å²) >= 11 is 0. The molecule has 2 aromatic carbocycles. The molecule has 132 valence electrons. The van der Waals surface area contributed by atoms with E-state index in [1.54, 1.807) is 12.1 Å². The van der Waals surface area contributed by atoms with Gasteiger partial charge >= 0.3 is 0 Å². The first-order valence-corrected chi connectivity index (χ1v) is 8.23. The van der Waals surface area contributed by atoms with Crippen molar-refractivity contribution in [2.24, 2.45) is 0 Å². The molecule has 6 nitrogen and oxygen atoms in total. The van der Waals surface area contributed by atoms with Crippen LogP contribution in [0.1, 0.15) is 30.6 Å². The first-order chi connectivity index (χ1) is 12.1. The monoisotopic (exact) mass is 342 g/mol. The highest BCUT2D eigenvalue weighted by Gasteiger charge is 2.08. The van der Waals surface area contributed by atoms with Gasteiger partial charge in [0.15, 0.2) is 0 Å². The van der Waals surface area contributed by atoms with Crippen LogP contribution in [0.2, 0.25) is 0 Å². The number of hydrogen-bond donors (Lipinski definition) is 1. The molecular weight excluding hydrogens is 320 g/mol. The molecule has 0 aliphatic carbocycles. The number of nitro benzene ring substituents is 1. The Morgan fingerprint density at radius 2 is 1.84 bits per heavy atom. The largest absolute Gasteiger partial charge is 0.374 e. The molecule has 1 amide bonds. The molecule has 0 radical (unpaired) electrons. The van der Waals surface area contributed by atoms with Gasteiger partial charge in [0.2, 0.25) is 5.91 Å². The van der Waals surface area contributed by atoms with Crippen LogP contribution in [0.5, 0.6) is 0 Å². The van der Waals surface area contributed by atoms with Crippen molar-refractivity contribution in [3.8, 4) is 0 Å². The maximum Gasteiger partial charge on any atom is 0.269 e. The maximum atomic E-state index is 11.9. The molecule has 1 atom stereocenters. The lowest BCUT2D eigenvalue weighted by atomic mass is 10.1. The number of carbonyl (C=O) groups is 1. The van der Waals surface area contributed by atoms with Crippen LogP contribution in [-0.4, -0.2) is 24.0 Å². The second kappa shape index (κ2) is 9.54. The minimum absolute atomic E-state index is 0.0221. The number of ether oxygens (including phenoxy) is 1. The second-order valence-electron chi connectivity index (χ2n) is 5.73. The molecule has 0 bridgehead atoms. The van der Waals surface area contributed by atoms with Crippen molar-refractivity contribution in [2.45, 2.75) is 25.9 Å². The summed E-state index contributed by atoms with van der Waals surface area (Å²) in [6.07, 6.45) is 0.958. The van der Waals surface area contributed by atoms with Gasteiger partial charge in [-0.1, -0.05) is 42.5 Å². The van der Waals surface area contributed by atoms with Gasteiger partial charge in [-0.05, 0) is 24.5 Å². The van der Waals surface area contributed by atoms with E-state index in [9.17, 15) is 14.9 Å². The third-order valence-electron chi connectivity index (χ3n) is 3.79. The summed E-state index contributed by atoms with van der Waals surface area (Å²) in [4.78, 5) is 22.0. The van der Waals surface area contributed by atoms with E-state index in [4.69, 9.17) is 4.74 Å². The molecule has 0 saturated heterocycles. The Kier molecular flexibility index (Phi) is 7.10. The predicted molar refractivity (Wildman–Crippen MR) is 95.2 cm³/mol. The van der Waals surface area contributed by atoms with E-state index >= 15 is 0 Å². The lowest BCUT2D eigenvalue weighted by Gasteiger charge is -2.13. The van der Waals surface area contributed by atoms with Crippen molar-refractivity contribution in [1.29, 1.82) is 0 Å². The van der Waals surface area contributed by atoms with Crippen LogP contribution in [0, 0.1) is 10.1 Å². The molecule has 1 unspecified atom stereocenters. The lowest BCUT2D eigenvalue weighted by Crippen LogP contribution is -2.26. The molecule has 0 spiro atoms. The second-order valence-corrected chi connectivity index (χ2v) is 5.73.